The fourth-order valence-electron chi connectivity index (χ4n) is 5.63. The molecule has 1 aliphatic carbocycles. The molecule has 1 amide bonds. The lowest BCUT2D eigenvalue weighted by molar-refractivity contribution is -0.140. The molecule has 1 atom stereocenters. The molecule has 1 aliphatic heterocycles. The van der Waals surface area contributed by atoms with Gasteiger partial charge in [-0.25, -0.2) is 4.79 Å². The van der Waals surface area contributed by atoms with E-state index >= 15 is 0 Å². The van der Waals surface area contributed by atoms with Crippen LogP contribution in [0.25, 0.3) is 11.0 Å². The van der Waals surface area contributed by atoms with E-state index in [1.54, 1.807) is 20.3 Å². The Labute approximate surface area is 210 Å². The van der Waals surface area contributed by atoms with Crippen LogP contribution in [0.15, 0.2) is 45.6 Å². The maximum atomic E-state index is 13.7. The number of benzene rings is 2. The minimum Gasteiger partial charge on any atom is -0.493 e. The molecule has 0 bridgehead atoms. The Morgan fingerprint density at radius 1 is 1.03 bits per heavy atom. The second kappa shape index (κ2) is 10.2. The van der Waals surface area contributed by atoms with Gasteiger partial charge in [0, 0.05) is 30.0 Å². The lowest BCUT2D eigenvalue weighted by atomic mass is 9.86. The lowest BCUT2D eigenvalue weighted by Gasteiger charge is -2.40. The zero-order valence-corrected chi connectivity index (χ0v) is 21.2. The van der Waals surface area contributed by atoms with Gasteiger partial charge in [-0.05, 0) is 67.1 Å². The van der Waals surface area contributed by atoms with E-state index in [0.717, 1.165) is 54.2 Å². The van der Waals surface area contributed by atoms with E-state index in [-0.39, 0.29) is 30.1 Å². The SMILES string of the molecule is COc1cc2c(cc1OC)[C@H](COc1ccc3c(C)cc(=O)oc3c1)N(C(=O)C1CCCCC1)CC2. The third kappa shape index (κ3) is 4.66. The van der Waals surface area contributed by atoms with Gasteiger partial charge < -0.3 is 23.5 Å². The number of hydrogen-bond acceptors (Lipinski definition) is 6. The van der Waals surface area contributed by atoms with Crippen molar-refractivity contribution in [1.29, 1.82) is 0 Å². The number of methoxy groups -OCH3 is 2. The highest BCUT2D eigenvalue weighted by atomic mass is 16.5. The van der Waals surface area contributed by atoms with Crippen molar-refractivity contribution in [3.63, 3.8) is 0 Å². The molecule has 0 N–H and O–H groups in total. The Hall–Kier alpha value is -3.48. The summed E-state index contributed by atoms with van der Waals surface area (Å²) in [5, 5.41) is 0.871. The summed E-state index contributed by atoms with van der Waals surface area (Å²) in [6.07, 6.45) is 6.07. The van der Waals surface area contributed by atoms with E-state index in [2.05, 4.69) is 0 Å². The molecule has 0 saturated heterocycles. The van der Waals surface area contributed by atoms with Crippen LogP contribution in [0, 0.1) is 12.8 Å². The van der Waals surface area contributed by atoms with Crippen LogP contribution in [0.5, 0.6) is 17.2 Å². The first-order chi connectivity index (χ1) is 17.5. The smallest absolute Gasteiger partial charge is 0.336 e. The molecule has 7 nitrogen and oxygen atoms in total. The molecule has 3 aromatic rings. The van der Waals surface area contributed by atoms with Crippen LogP contribution >= 0.6 is 0 Å². The van der Waals surface area contributed by atoms with Gasteiger partial charge in [0.15, 0.2) is 11.5 Å². The molecule has 2 aliphatic rings. The van der Waals surface area contributed by atoms with Crippen LogP contribution in [-0.4, -0.2) is 38.2 Å². The van der Waals surface area contributed by atoms with E-state index in [1.807, 2.05) is 36.1 Å². The number of nitrogens with zero attached hydrogens (tertiary/aromatic N) is 1. The van der Waals surface area contributed by atoms with E-state index in [4.69, 9.17) is 18.6 Å². The minimum absolute atomic E-state index is 0.0702. The standard InChI is InChI=1S/C29H33NO6/c1-18-13-28(31)36-25-15-21(9-10-22(18)25)35-17-24-23-16-27(34-3)26(33-2)14-20(23)11-12-30(24)29(32)19-7-5-4-6-8-19/h9-10,13-16,19,24H,4-8,11-12,17H2,1-3H3/t24-/m0/s1. The van der Waals surface area contributed by atoms with E-state index in [0.29, 0.717) is 29.4 Å². The van der Waals surface area contributed by atoms with E-state index < -0.39 is 0 Å². The first kappa shape index (κ1) is 24.2. The molecule has 1 aromatic heterocycles. The van der Waals surface area contributed by atoms with Gasteiger partial charge in [0.2, 0.25) is 5.91 Å². The van der Waals surface area contributed by atoms with E-state index in [9.17, 15) is 9.59 Å². The molecule has 0 spiro atoms. The van der Waals surface area contributed by atoms with Crippen LogP contribution in [0.1, 0.15) is 54.8 Å². The molecule has 1 fully saturated rings. The average molecular weight is 492 g/mol. The van der Waals surface area contributed by atoms with Gasteiger partial charge in [-0.15, -0.1) is 0 Å². The van der Waals surface area contributed by atoms with Crippen molar-refractivity contribution in [3.05, 3.63) is 63.5 Å². The van der Waals surface area contributed by atoms with Crippen LogP contribution < -0.4 is 19.8 Å². The van der Waals surface area contributed by atoms with Crippen molar-refractivity contribution in [2.45, 2.75) is 51.5 Å². The molecule has 190 valence electrons. The summed E-state index contributed by atoms with van der Waals surface area (Å²) in [6, 6.07) is 10.7. The van der Waals surface area contributed by atoms with Gasteiger partial charge in [0.25, 0.3) is 0 Å². The average Bonchev–Trinajstić information content (AvgIpc) is 2.90. The second-order valence-corrected chi connectivity index (χ2v) is 9.76. The van der Waals surface area contributed by atoms with Crippen LogP contribution in [0.3, 0.4) is 0 Å². The first-order valence-corrected chi connectivity index (χ1v) is 12.7. The molecule has 0 unspecified atom stereocenters. The largest absolute Gasteiger partial charge is 0.493 e. The molecular weight excluding hydrogens is 458 g/mol. The summed E-state index contributed by atoms with van der Waals surface area (Å²) in [4.78, 5) is 27.5. The first-order valence-electron chi connectivity index (χ1n) is 12.7. The predicted octanol–water partition coefficient (Wildman–Crippen LogP) is 5.20. The molecule has 2 heterocycles. The summed E-state index contributed by atoms with van der Waals surface area (Å²) < 4.78 is 22.8. The molecule has 7 heteroatoms. The Morgan fingerprint density at radius 2 is 1.78 bits per heavy atom. The highest BCUT2D eigenvalue weighted by molar-refractivity contribution is 5.81. The third-order valence-corrected chi connectivity index (χ3v) is 7.57. The normalized spacial score (nSPS) is 18.1. The van der Waals surface area contributed by atoms with Crippen molar-refractivity contribution < 1.29 is 23.4 Å². The topological polar surface area (TPSA) is 78.2 Å². The summed E-state index contributed by atoms with van der Waals surface area (Å²) in [7, 11) is 3.25. The van der Waals surface area contributed by atoms with Crippen molar-refractivity contribution in [2.75, 3.05) is 27.4 Å². The second-order valence-electron chi connectivity index (χ2n) is 9.76. The van der Waals surface area contributed by atoms with Crippen molar-refractivity contribution in [2.24, 2.45) is 5.92 Å². The Bertz CT molecular complexity index is 1320. The molecule has 36 heavy (non-hydrogen) atoms. The van der Waals surface area contributed by atoms with Gasteiger partial charge in [0.1, 0.15) is 17.9 Å². The molecule has 1 saturated carbocycles. The number of hydrogen-bond donors (Lipinski definition) is 0. The fourth-order valence-corrected chi connectivity index (χ4v) is 5.63. The Kier molecular flexibility index (Phi) is 6.90. The summed E-state index contributed by atoms with van der Waals surface area (Å²) in [6.45, 7) is 2.80. The van der Waals surface area contributed by atoms with Crippen LogP contribution in [0.2, 0.25) is 0 Å². The lowest BCUT2D eigenvalue weighted by Crippen LogP contribution is -2.45. The number of amides is 1. The number of carbonyl (C=O) groups excluding carboxylic acids is 1. The van der Waals surface area contributed by atoms with Gasteiger partial charge in [-0.2, -0.15) is 0 Å². The highest BCUT2D eigenvalue weighted by Gasteiger charge is 2.36. The molecule has 0 radical (unpaired) electrons. The highest BCUT2D eigenvalue weighted by Crippen LogP contribution is 2.40. The number of fused-ring (bicyclic) bond motifs is 2. The van der Waals surface area contributed by atoms with Crippen molar-refractivity contribution in [3.8, 4) is 17.2 Å². The van der Waals surface area contributed by atoms with Gasteiger partial charge in [-0.3, -0.25) is 4.79 Å². The molecule has 5 rings (SSSR count). The fraction of sp³-hybridized carbons (Fsp3) is 0.448. The Morgan fingerprint density at radius 3 is 2.53 bits per heavy atom. The number of ether oxygens (including phenoxy) is 3. The summed E-state index contributed by atoms with van der Waals surface area (Å²) in [5.74, 6) is 2.19. The van der Waals surface area contributed by atoms with Gasteiger partial charge in [0.05, 0.1) is 20.3 Å². The molecule has 2 aromatic carbocycles. The number of carbonyl (C=O) groups is 1. The van der Waals surface area contributed by atoms with Crippen LogP contribution in [-0.2, 0) is 11.2 Å². The van der Waals surface area contributed by atoms with Gasteiger partial charge in [-0.1, -0.05) is 19.3 Å². The molecular formula is C29H33NO6. The summed E-state index contributed by atoms with van der Waals surface area (Å²) >= 11 is 0. The monoisotopic (exact) mass is 491 g/mol. The summed E-state index contributed by atoms with van der Waals surface area (Å²) in [5.41, 5.74) is 3.12. The number of aryl methyl sites for hydroxylation is 1. The zero-order valence-electron chi connectivity index (χ0n) is 21.2. The maximum absolute atomic E-state index is 13.7. The maximum Gasteiger partial charge on any atom is 0.336 e. The quantitative estimate of drug-likeness (QED) is 0.441. The van der Waals surface area contributed by atoms with Crippen molar-refractivity contribution in [1.82, 2.24) is 4.90 Å². The number of rotatable bonds is 6. The van der Waals surface area contributed by atoms with Crippen molar-refractivity contribution >= 4 is 16.9 Å². The minimum atomic E-state index is -0.386. The third-order valence-electron chi connectivity index (χ3n) is 7.57. The predicted molar refractivity (Wildman–Crippen MR) is 137 cm³/mol. The Balaban J connectivity index is 1.47. The van der Waals surface area contributed by atoms with Crippen LogP contribution in [0.4, 0.5) is 0 Å². The van der Waals surface area contributed by atoms with E-state index in [1.165, 1.54) is 12.5 Å². The zero-order chi connectivity index (χ0) is 25.2. The van der Waals surface area contributed by atoms with Gasteiger partial charge >= 0.3 is 5.63 Å².